The Balaban J connectivity index is 1.45. The standard InChI is InChI=1S/C27H26N2O5/c30-19-12-10-17(11-13-19)15-22(27(33)29-14-4-9-24-25(29)23(31)16-34-24)28-26(32)21-8-3-6-18-5-1-2-7-20(18)21/h1-3,5-8,10-13,22,24-25,30H,4,9,14-16H2,(H,28,32)/t22-,24+,25+/m0/s1. The molecule has 3 aromatic rings. The monoisotopic (exact) mass is 458 g/mol. The van der Waals surface area contributed by atoms with Crippen molar-refractivity contribution in [3.05, 3.63) is 77.9 Å². The zero-order valence-corrected chi connectivity index (χ0v) is 18.6. The van der Waals surface area contributed by atoms with E-state index in [2.05, 4.69) is 5.32 Å². The second-order valence-electron chi connectivity index (χ2n) is 8.86. The van der Waals surface area contributed by atoms with Gasteiger partial charge in [0.2, 0.25) is 5.91 Å². The lowest BCUT2D eigenvalue weighted by atomic mass is 9.95. The summed E-state index contributed by atoms with van der Waals surface area (Å²) in [5.74, 6) is -0.618. The highest BCUT2D eigenvalue weighted by Gasteiger charge is 2.45. The highest BCUT2D eigenvalue weighted by Crippen LogP contribution is 2.27. The summed E-state index contributed by atoms with van der Waals surface area (Å²) in [5.41, 5.74) is 1.27. The molecule has 3 aromatic carbocycles. The number of carbonyl (C=O) groups is 3. The molecule has 7 heteroatoms. The highest BCUT2D eigenvalue weighted by molar-refractivity contribution is 6.08. The van der Waals surface area contributed by atoms with E-state index in [0.29, 0.717) is 12.1 Å². The van der Waals surface area contributed by atoms with Crippen LogP contribution in [-0.2, 0) is 20.7 Å². The Kier molecular flexibility index (Phi) is 6.02. The molecule has 0 bridgehead atoms. The van der Waals surface area contributed by atoms with Crippen LogP contribution in [-0.4, -0.2) is 58.9 Å². The number of hydrogen-bond acceptors (Lipinski definition) is 5. The summed E-state index contributed by atoms with van der Waals surface area (Å²) in [6, 6.07) is 18.2. The number of amides is 2. The molecule has 7 nitrogen and oxygen atoms in total. The van der Waals surface area contributed by atoms with Crippen molar-refractivity contribution < 1.29 is 24.2 Å². The minimum absolute atomic E-state index is 0.0180. The average Bonchev–Trinajstić information content (AvgIpc) is 3.25. The van der Waals surface area contributed by atoms with Crippen molar-refractivity contribution in [2.45, 2.75) is 37.5 Å². The molecule has 0 aliphatic carbocycles. The van der Waals surface area contributed by atoms with Gasteiger partial charge in [0, 0.05) is 18.5 Å². The maximum Gasteiger partial charge on any atom is 0.252 e. The Hall–Kier alpha value is -3.71. The van der Waals surface area contributed by atoms with Crippen LogP contribution in [0.1, 0.15) is 28.8 Å². The third-order valence-electron chi connectivity index (χ3n) is 6.64. The van der Waals surface area contributed by atoms with Crippen molar-refractivity contribution in [3.63, 3.8) is 0 Å². The largest absolute Gasteiger partial charge is 0.508 e. The van der Waals surface area contributed by atoms with Crippen LogP contribution in [0.15, 0.2) is 66.7 Å². The summed E-state index contributed by atoms with van der Waals surface area (Å²) < 4.78 is 5.60. The Morgan fingerprint density at radius 2 is 1.82 bits per heavy atom. The van der Waals surface area contributed by atoms with Crippen LogP contribution in [0.3, 0.4) is 0 Å². The van der Waals surface area contributed by atoms with E-state index >= 15 is 0 Å². The van der Waals surface area contributed by atoms with Gasteiger partial charge in [0.25, 0.3) is 5.91 Å². The number of carbonyl (C=O) groups excluding carboxylic acids is 3. The molecule has 2 saturated heterocycles. The van der Waals surface area contributed by atoms with Crippen LogP contribution in [0.2, 0.25) is 0 Å². The summed E-state index contributed by atoms with van der Waals surface area (Å²) in [5, 5.41) is 14.3. The first kappa shape index (κ1) is 22.1. The van der Waals surface area contributed by atoms with Gasteiger partial charge in [-0.1, -0.05) is 48.5 Å². The van der Waals surface area contributed by atoms with Gasteiger partial charge in [-0.25, -0.2) is 0 Å². The predicted octanol–water partition coefficient (Wildman–Crippen LogP) is 2.85. The number of nitrogens with zero attached hydrogens (tertiary/aromatic N) is 1. The number of likely N-dealkylation sites (tertiary alicyclic amines) is 1. The third-order valence-corrected chi connectivity index (χ3v) is 6.64. The van der Waals surface area contributed by atoms with Gasteiger partial charge in [-0.2, -0.15) is 0 Å². The average molecular weight is 459 g/mol. The molecule has 2 aliphatic heterocycles. The smallest absolute Gasteiger partial charge is 0.252 e. The molecule has 3 atom stereocenters. The van der Waals surface area contributed by atoms with Crippen LogP contribution in [0.25, 0.3) is 10.8 Å². The van der Waals surface area contributed by atoms with E-state index < -0.39 is 12.1 Å². The van der Waals surface area contributed by atoms with Gasteiger partial charge in [0.05, 0.1) is 6.10 Å². The van der Waals surface area contributed by atoms with Gasteiger partial charge in [0.1, 0.15) is 24.4 Å². The molecule has 5 rings (SSSR count). The third kappa shape index (κ3) is 4.26. The number of aromatic hydroxyl groups is 1. The molecule has 0 spiro atoms. The molecule has 0 aromatic heterocycles. The molecule has 0 radical (unpaired) electrons. The topological polar surface area (TPSA) is 95.9 Å². The molecule has 0 saturated carbocycles. The molecule has 2 heterocycles. The van der Waals surface area contributed by atoms with Gasteiger partial charge in [-0.05, 0) is 47.4 Å². The quantitative estimate of drug-likeness (QED) is 0.613. The number of piperidine rings is 1. The van der Waals surface area contributed by atoms with Gasteiger partial charge in [0.15, 0.2) is 5.78 Å². The molecule has 2 aliphatic rings. The van der Waals surface area contributed by atoms with Gasteiger partial charge < -0.3 is 20.1 Å². The van der Waals surface area contributed by atoms with E-state index in [1.54, 1.807) is 35.2 Å². The summed E-state index contributed by atoms with van der Waals surface area (Å²) in [7, 11) is 0. The minimum Gasteiger partial charge on any atom is -0.508 e. The van der Waals surface area contributed by atoms with Crippen molar-refractivity contribution in [2.24, 2.45) is 0 Å². The van der Waals surface area contributed by atoms with E-state index in [4.69, 9.17) is 4.74 Å². The number of ether oxygens (including phenoxy) is 1. The number of nitrogens with one attached hydrogen (secondary N) is 1. The Morgan fingerprint density at radius 1 is 1.06 bits per heavy atom. The van der Waals surface area contributed by atoms with E-state index in [1.165, 1.54) is 0 Å². The summed E-state index contributed by atoms with van der Waals surface area (Å²) in [6.07, 6.45) is 1.43. The normalized spacial score (nSPS) is 20.7. The number of hydrogen-bond donors (Lipinski definition) is 2. The van der Waals surface area contributed by atoms with Crippen LogP contribution in [0.5, 0.6) is 5.75 Å². The van der Waals surface area contributed by atoms with Crippen LogP contribution >= 0.6 is 0 Å². The van der Waals surface area contributed by atoms with Crippen molar-refractivity contribution in [3.8, 4) is 5.75 Å². The molecular weight excluding hydrogens is 432 g/mol. The first-order valence-corrected chi connectivity index (χ1v) is 11.5. The molecule has 0 unspecified atom stereocenters. The number of benzene rings is 3. The van der Waals surface area contributed by atoms with Crippen LogP contribution < -0.4 is 5.32 Å². The van der Waals surface area contributed by atoms with Crippen molar-refractivity contribution in [1.29, 1.82) is 0 Å². The fraction of sp³-hybridized carbons (Fsp3) is 0.296. The molecule has 174 valence electrons. The Morgan fingerprint density at radius 3 is 2.65 bits per heavy atom. The van der Waals surface area contributed by atoms with Gasteiger partial charge in [-0.15, -0.1) is 0 Å². The lowest BCUT2D eigenvalue weighted by Gasteiger charge is -2.37. The first-order valence-electron chi connectivity index (χ1n) is 11.5. The Labute approximate surface area is 197 Å². The van der Waals surface area contributed by atoms with Crippen LogP contribution in [0.4, 0.5) is 0 Å². The number of rotatable bonds is 5. The fourth-order valence-electron chi connectivity index (χ4n) is 4.97. The maximum absolute atomic E-state index is 13.7. The molecular formula is C27H26N2O5. The van der Waals surface area contributed by atoms with Crippen molar-refractivity contribution in [1.82, 2.24) is 10.2 Å². The van der Waals surface area contributed by atoms with Gasteiger partial charge in [-0.3, -0.25) is 14.4 Å². The second kappa shape index (κ2) is 9.27. The fourth-order valence-corrected chi connectivity index (χ4v) is 4.97. The zero-order valence-electron chi connectivity index (χ0n) is 18.6. The SMILES string of the molecule is O=C(N[C@@H](Cc1ccc(O)cc1)C(=O)N1CCC[C@H]2OCC(=O)[C@H]21)c1cccc2ccccc12. The first-order chi connectivity index (χ1) is 16.5. The second-order valence-corrected chi connectivity index (χ2v) is 8.86. The Bertz CT molecular complexity index is 1230. The molecule has 2 N–H and O–H groups in total. The zero-order chi connectivity index (χ0) is 23.7. The van der Waals surface area contributed by atoms with E-state index in [0.717, 1.165) is 29.2 Å². The maximum atomic E-state index is 13.7. The molecule has 2 amide bonds. The van der Waals surface area contributed by atoms with Crippen molar-refractivity contribution in [2.75, 3.05) is 13.2 Å². The van der Waals surface area contributed by atoms with Crippen LogP contribution in [0, 0.1) is 0 Å². The molecule has 34 heavy (non-hydrogen) atoms. The van der Waals surface area contributed by atoms with E-state index in [1.807, 2.05) is 36.4 Å². The van der Waals surface area contributed by atoms with E-state index in [-0.39, 0.29) is 42.5 Å². The summed E-state index contributed by atoms with van der Waals surface area (Å²) in [4.78, 5) is 41.2. The summed E-state index contributed by atoms with van der Waals surface area (Å²) in [6.45, 7) is 0.468. The number of phenolic OH excluding ortho intramolecular Hbond substituents is 1. The number of Topliss-reactive ketones (excluding diaryl/α,β-unsaturated/α-hetero) is 1. The predicted molar refractivity (Wildman–Crippen MR) is 126 cm³/mol. The number of ketones is 1. The lowest BCUT2D eigenvalue weighted by molar-refractivity contribution is -0.142. The summed E-state index contributed by atoms with van der Waals surface area (Å²) >= 11 is 0. The number of fused-ring (bicyclic) bond motifs is 2. The van der Waals surface area contributed by atoms with E-state index in [9.17, 15) is 19.5 Å². The van der Waals surface area contributed by atoms with Crippen molar-refractivity contribution >= 4 is 28.4 Å². The minimum atomic E-state index is -0.872. The number of phenols is 1. The van der Waals surface area contributed by atoms with Gasteiger partial charge >= 0.3 is 0 Å². The highest BCUT2D eigenvalue weighted by atomic mass is 16.5. The lowest BCUT2D eigenvalue weighted by Crippen LogP contribution is -2.58. The molecule has 2 fully saturated rings.